The molecule has 0 fully saturated rings. The van der Waals surface area contributed by atoms with E-state index < -0.39 is 0 Å². The Morgan fingerprint density at radius 3 is 2.32 bits per heavy atom. The van der Waals surface area contributed by atoms with Gasteiger partial charge in [0.1, 0.15) is 11.3 Å². The van der Waals surface area contributed by atoms with E-state index in [0.717, 1.165) is 34.3 Å². The fraction of sp³-hybridized carbons (Fsp3) is 0.360. The summed E-state index contributed by atoms with van der Waals surface area (Å²) in [6.07, 6.45) is 4.18. The van der Waals surface area contributed by atoms with E-state index in [9.17, 15) is 4.79 Å². The van der Waals surface area contributed by atoms with Gasteiger partial charge in [0, 0.05) is 12.6 Å². The van der Waals surface area contributed by atoms with E-state index in [4.69, 9.17) is 19.2 Å². The van der Waals surface area contributed by atoms with Gasteiger partial charge in [-0.25, -0.2) is 4.98 Å². The predicted molar refractivity (Wildman–Crippen MR) is 142 cm³/mol. The second-order valence-electron chi connectivity index (χ2n) is 7.85. The quantitative estimate of drug-likeness (QED) is 0.359. The number of rotatable bonds is 10. The van der Waals surface area contributed by atoms with Gasteiger partial charge in [-0.15, -0.1) is 12.4 Å². The molecule has 1 heterocycles. The van der Waals surface area contributed by atoms with Crippen molar-refractivity contribution in [3.63, 3.8) is 0 Å². The molecule has 0 aliphatic carbocycles. The van der Waals surface area contributed by atoms with E-state index in [1.165, 1.54) is 11.3 Å². The Kier molecular flexibility index (Phi) is 10.2. The number of ether oxygens (including phenoxy) is 3. The van der Waals surface area contributed by atoms with Crippen LogP contribution in [0.5, 0.6) is 17.2 Å². The Morgan fingerprint density at radius 2 is 1.68 bits per heavy atom. The molecule has 0 aliphatic rings. The number of carbonyl (C=O) groups excluding carboxylic acids is 1. The predicted octanol–water partition coefficient (Wildman–Crippen LogP) is 5.05. The zero-order valence-corrected chi connectivity index (χ0v) is 22.1. The molecule has 2 aromatic carbocycles. The van der Waals surface area contributed by atoms with Crippen LogP contribution in [0.3, 0.4) is 0 Å². The topological polar surface area (TPSA) is 64.1 Å². The highest BCUT2D eigenvalue weighted by molar-refractivity contribution is 7.22. The first kappa shape index (κ1) is 27.4. The van der Waals surface area contributed by atoms with Crippen molar-refractivity contribution in [2.45, 2.75) is 13.3 Å². The standard InChI is InChI=1S/C25H31N3O4S.ClH/c1-17-8-11-20(31-5)23-24(17)33-25(26-23)28(15-7-14-27(2)3)22(29)13-10-18-9-12-19(30-4)21(16-18)32-6;/h8-13,16H,7,14-15H2,1-6H3;1H. The summed E-state index contributed by atoms with van der Waals surface area (Å²) in [5.74, 6) is 1.84. The van der Waals surface area contributed by atoms with Crippen LogP contribution in [0.4, 0.5) is 5.13 Å². The van der Waals surface area contributed by atoms with Crippen LogP contribution in [0.25, 0.3) is 16.3 Å². The van der Waals surface area contributed by atoms with Crippen LogP contribution in [0.1, 0.15) is 17.5 Å². The Labute approximate surface area is 211 Å². The minimum atomic E-state index is -0.126. The van der Waals surface area contributed by atoms with Crippen molar-refractivity contribution >= 4 is 51.1 Å². The lowest BCUT2D eigenvalue weighted by atomic mass is 10.2. The van der Waals surface area contributed by atoms with Crippen molar-refractivity contribution in [1.29, 1.82) is 0 Å². The molecule has 0 radical (unpaired) electrons. The largest absolute Gasteiger partial charge is 0.494 e. The third-order valence-corrected chi connectivity index (χ3v) is 6.44. The highest BCUT2D eigenvalue weighted by Gasteiger charge is 2.20. The maximum atomic E-state index is 13.3. The first-order chi connectivity index (χ1) is 15.9. The fourth-order valence-electron chi connectivity index (χ4n) is 3.44. The van der Waals surface area contributed by atoms with Gasteiger partial charge < -0.3 is 19.1 Å². The number of fused-ring (bicyclic) bond motifs is 1. The Balaban J connectivity index is 0.00000408. The molecule has 0 spiro atoms. The molecular weight excluding hydrogens is 474 g/mol. The smallest absolute Gasteiger partial charge is 0.252 e. The summed E-state index contributed by atoms with van der Waals surface area (Å²) >= 11 is 1.51. The Bertz CT molecular complexity index is 1150. The van der Waals surface area contributed by atoms with Gasteiger partial charge in [0.25, 0.3) is 5.91 Å². The molecule has 7 nitrogen and oxygen atoms in total. The molecule has 0 saturated heterocycles. The molecule has 184 valence electrons. The molecule has 0 N–H and O–H groups in total. The molecule has 3 aromatic rings. The van der Waals surface area contributed by atoms with E-state index in [-0.39, 0.29) is 18.3 Å². The number of halogens is 1. The lowest BCUT2D eigenvalue weighted by Crippen LogP contribution is -2.32. The van der Waals surface area contributed by atoms with Gasteiger partial charge in [0.2, 0.25) is 0 Å². The van der Waals surface area contributed by atoms with Crippen LogP contribution in [0, 0.1) is 6.92 Å². The number of methoxy groups -OCH3 is 3. The SMILES string of the molecule is COc1ccc(C=CC(=O)N(CCCN(C)C)c2nc3c(OC)ccc(C)c3s2)cc1OC.Cl. The monoisotopic (exact) mass is 505 g/mol. The highest BCUT2D eigenvalue weighted by atomic mass is 35.5. The van der Waals surface area contributed by atoms with Crippen LogP contribution in [0.15, 0.2) is 36.4 Å². The third kappa shape index (κ3) is 6.40. The van der Waals surface area contributed by atoms with Gasteiger partial charge in [-0.05, 0) is 69.4 Å². The second kappa shape index (κ2) is 12.6. The zero-order chi connectivity index (χ0) is 24.0. The van der Waals surface area contributed by atoms with Crippen LogP contribution in [-0.4, -0.2) is 64.3 Å². The van der Waals surface area contributed by atoms with Crippen LogP contribution >= 0.6 is 23.7 Å². The maximum Gasteiger partial charge on any atom is 0.252 e. The number of hydrogen-bond donors (Lipinski definition) is 0. The van der Waals surface area contributed by atoms with Gasteiger partial charge in [-0.3, -0.25) is 9.69 Å². The van der Waals surface area contributed by atoms with Crippen molar-refractivity contribution in [3.8, 4) is 17.2 Å². The maximum absolute atomic E-state index is 13.3. The summed E-state index contributed by atoms with van der Waals surface area (Å²) in [4.78, 5) is 21.9. The molecular formula is C25H32ClN3O4S. The number of amides is 1. The molecule has 0 bridgehead atoms. The molecule has 1 amide bonds. The highest BCUT2D eigenvalue weighted by Crippen LogP contribution is 2.36. The first-order valence-corrected chi connectivity index (χ1v) is 11.5. The van der Waals surface area contributed by atoms with Crippen molar-refractivity contribution in [3.05, 3.63) is 47.5 Å². The van der Waals surface area contributed by atoms with E-state index in [0.29, 0.717) is 28.9 Å². The van der Waals surface area contributed by atoms with Gasteiger partial charge in [-0.1, -0.05) is 23.5 Å². The van der Waals surface area contributed by atoms with Gasteiger partial charge in [0.05, 0.1) is 26.0 Å². The summed E-state index contributed by atoms with van der Waals surface area (Å²) in [5, 5.41) is 0.665. The molecule has 0 unspecified atom stereocenters. The number of thiazole rings is 1. The molecule has 0 atom stereocenters. The van der Waals surface area contributed by atoms with E-state index in [1.807, 2.05) is 51.4 Å². The molecule has 9 heteroatoms. The molecule has 1 aromatic heterocycles. The van der Waals surface area contributed by atoms with Crippen molar-refractivity contribution in [2.24, 2.45) is 0 Å². The van der Waals surface area contributed by atoms with E-state index >= 15 is 0 Å². The number of aryl methyl sites for hydroxylation is 1. The minimum Gasteiger partial charge on any atom is -0.494 e. The van der Waals surface area contributed by atoms with Gasteiger partial charge in [-0.2, -0.15) is 0 Å². The summed E-state index contributed by atoms with van der Waals surface area (Å²) in [6.45, 7) is 3.48. The number of benzene rings is 2. The third-order valence-electron chi connectivity index (χ3n) is 5.22. The summed E-state index contributed by atoms with van der Waals surface area (Å²) in [5.41, 5.74) is 2.74. The van der Waals surface area contributed by atoms with Gasteiger partial charge >= 0.3 is 0 Å². The molecule has 3 rings (SSSR count). The lowest BCUT2D eigenvalue weighted by molar-refractivity contribution is -0.114. The first-order valence-electron chi connectivity index (χ1n) is 10.7. The van der Waals surface area contributed by atoms with Crippen molar-refractivity contribution in [1.82, 2.24) is 9.88 Å². The van der Waals surface area contributed by atoms with E-state index in [2.05, 4.69) is 4.90 Å². The van der Waals surface area contributed by atoms with Gasteiger partial charge in [0.15, 0.2) is 16.6 Å². The fourth-order valence-corrected chi connectivity index (χ4v) is 4.52. The number of aromatic nitrogens is 1. The van der Waals surface area contributed by atoms with Crippen molar-refractivity contribution in [2.75, 3.05) is 53.4 Å². The van der Waals surface area contributed by atoms with Crippen molar-refractivity contribution < 1.29 is 19.0 Å². The average molecular weight is 506 g/mol. The zero-order valence-electron chi connectivity index (χ0n) is 20.5. The number of carbonyl (C=O) groups is 1. The van der Waals surface area contributed by atoms with Crippen LogP contribution < -0.4 is 19.1 Å². The molecule has 34 heavy (non-hydrogen) atoms. The number of anilines is 1. The second-order valence-corrected chi connectivity index (χ2v) is 8.83. The Hall–Kier alpha value is -2.81. The van der Waals surface area contributed by atoms with Crippen LogP contribution in [0.2, 0.25) is 0 Å². The number of hydrogen-bond acceptors (Lipinski definition) is 7. The molecule has 0 aliphatic heterocycles. The number of nitrogens with zero attached hydrogens (tertiary/aromatic N) is 3. The van der Waals surface area contributed by atoms with Crippen LogP contribution in [-0.2, 0) is 4.79 Å². The van der Waals surface area contributed by atoms with E-state index in [1.54, 1.807) is 38.4 Å². The summed E-state index contributed by atoms with van der Waals surface area (Å²) in [6, 6.07) is 9.47. The lowest BCUT2D eigenvalue weighted by Gasteiger charge is -2.19. The summed E-state index contributed by atoms with van der Waals surface area (Å²) in [7, 11) is 8.86. The normalized spacial score (nSPS) is 11.0. The average Bonchev–Trinajstić information content (AvgIpc) is 3.26. The Morgan fingerprint density at radius 1 is 1.00 bits per heavy atom. The minimum absolute atomic E-state index is 0. The summed E-state index contributed by atoms with van der Waals surface area (Å²) < 4.78 is 17.2. The molecule has 0 saturated carbocycles.